The van der Waals surface area contributed by atoms with Gasteiger partial charge in [0.05, 0.1) is 17.0 Å². The van der Waals surface area contributed by atoms with Gasteiger partial charge in [0, 0.05) is 17.3 Å². The van der Waals surface area contributed by atoms with Crippen molar-refractivity contribution in [1.82, 2.24) is 4.31 Å². The number of amides is 1. The van der Waals surface area contributed by atoms with Crippen molar-refractivity contribution in [1.29, 1.82) is 0 Å². The number of carbonyl (C=O) groups is 1. The van der Waals surface area contributed by atoms with Gasteiger partial charge < -0.3 is 5.32 Å². The predicted molar refractivity (Wildman–Crippen MR) is 120 cm³/mol. The molecule has 1 amide bonds. The second kappa shape index (κ2) is 10.1. The fraction of sp³-hybridized carbons (Fsp3) is 0.174. The number of carbonyl (C=O) groups excluding carboxylic acids is 1. The van der Waals surface area contributed by atoms with Crippen molar-refractivity contribution in [2.75, 3.05) is 11.9 Å². The highest BCUT2D eigenvalue weighted by molar-refractivity contribution is 7.89. The third-order valence-corrected chi connectivity index (χ3v) is 6.82. The number of nitrogens with zero attached hydrogens (tertiary/aromatic N) is 1. The standard InChI is InChI=1S/C23H19ClF4N2O3S/c1-15-5-8-19(9-6-15)34(32,33)30(13-16-3-2-4-17(24)11-16)14-22(31)29-18-7-10-21(25)20(12-18)23(26,27)28/h2-12H,13-14H2,1H3,(H,29,31). The van der Waals surface area contributed by atoms with Gasteiger partial charge >= 0.3 is 6.18 Å². The first-order valence-electron chi connectivity index (χ1n) is 9.84. The quantitative estimate of drug-likeness (QED) is 0.415. The first-order chi connectivity index (χ1) is 15.9. The van der Waals surface area contributed by atoms with Gasteiger partial charge in [-0.05, 0) is 55.0 Å². The average molecular weight is 515 g/mol. The third-order valence-electron chi connectivity index (χ3n) is 4.78. The largest absolute Gasteiger partial charge is 0.419 e. The number of hydrogen-bond acceptors (Lipinski definition) is 3. The molecule has 0 saturated heterocycles. The molecular weight excluding hydrogens is 496 g/mol. The molecule has 0 bridgehead atoms. The van der Waals surface area contributed by atoms with Crippen LogP contribution in [0.4, 0.5) is 23.2 Å². The van der Waals surface area contributed by atoms with Crippen LogP contribution in [0.25, 0.3) is 0 Å². The number of anilines is 1. The van der Waals surface area contributed by atoms with Crippen LogP contribution in [0, 0.1) is 12.7 Å². The van der Waals surface area contributed by atoms with Gasteiger partial charge in [0.2, 0.25) is 15.9 Å². The van der Waals surface area contributed by atoms with Crippen molar-refractivity contribution in [2.24, 2.45) is 0 Å². The van der Waals surface area contributed by atoms with Gasteiger partial charge in [-0.15, -0.1) is 0 Å². The zero-order chi connectivity index (χ0) is 25.1. The van der Waals surface area contributed by atoms with Gasteiger partial charge in [0.1, 0.15) is 5.82 Å². The zero-order valence-electron chi connectivity index (χ0n) is 17.7. The van der Waals surface area contributed by atoms with E-state index in [2.05, 4.69) is 5.32 Å². The lowest BCUT2D eigenvalue weighted by molar-refractivity contribution is -0.140. The Hall–Kier alpha value is -2.95. The molecule has 0 aromatic heterocycles. The fourth-order valence-electron chi connectivity index (χ4n) is 3.11. The van der Waals surface area contributed by atoms with E-state index in [-0.39, 0.29) is 17.1 Å². The highest BCUT2D eigenvalue weighted by atomic mass is 35.5. The van der Waals surface area contributed by atoms with E-state index in [1.165, 1.54) is 18.2 Å². The monoisotopic (exact) mass is 514 g/mol. The number of aryl methyl sites for hydroxylation is 1. The maximum absolute atomic E-state index is 13.5. The van der Waals surface area contributed by atoms with Crippen molar-refractivity contribution >= 4 is 33.2 Å². The molecule has 1 N–H and O–H groups in total. The molecule has 3 rings (SSSR count). The van der Waals surface area contributed by atoms with Gasteiger partial charge in [-0.3, -0.25) is 4.79 Å². The maximum Gasteiger partial charge on any atom is 0.419 e. The van der Waals surface area contributed by atoms with Crippen molar-refractivity contribution in [3.05, 3.63) is 94.3 Å². The van der Waals surface area contributed by atoms with Gasteiger partial charge in [0.25, 0.3) is 0 Å². The fourth-order valence-corrected chi connectivity index (χ4v) is 4.70. The normalized spacial score (nSPS) is 12.1. The van der Waals surface area contributed by atoms with E-state index in [4.69, 9.17) is 11.6 Å². The van der Waals surface area contributed by atoms with Gasteiger partial charge in [-0.25, -0.2) is 12.8 Å². The molecule has 0 unspecified atom stereocenters. The molecule has 0 aliphatic rings. The summed E-state index contributed by atoms with van der Waals surface area (Å²) in [6, 6.07) is 14.3. The average Bonchev–Trinajstić information content (AvgIpc) is 2.74. The smallest absolute Gasteiger partial charge is 0.325 e. The molecule has 3 aromatic rings. The molecule has 0 radical (unpaired) electrons. The summed E-state index contributed by atoms with van der Waals surface area (Å²) in [6.45, 7) is 0.855. The molecule has 0 saturated carbocycles. The van der Waals surface area contributed by atoms with Crippen LogP contribution in [0.2, 0.25) is 5.02 Å². The molecule has 34 heavy (non-hydrogen) atoms. The van der Waals surface area contributed by atoms with E-state index in [9.17, 15) is 30.8 Å². The number of benzene rings is 3. The van der Waals surface area contributed by atoms with E-state index in [0.29, 0.717) is 22.7 Å². The first-order valence-corrected chi connectivity index (χ1v) is 11.7. The number of nitrogens with one attached hydrogen (secondary N) is 1. The number of alkyl halides is 3. The summed E-state index contributed by atoms with van der Waals surface area (Å²) >= 11 is 5.98. The molecule has 11 heteroatoms. The van der Waals surface area contributed by atoms with Gasteiger partial charge in [0.15, 0.2) is 0 Å². The lowest BCUT2D eigenvalue weighted by atomic mass is 10.2. The Morgan fingerprint density at radius 3 is 2.32 bits per heavy atom. The molecule has 0 aliphatic heterocycles. The van der Waals surface area contributed by atoms with Crippen LogP contribution in [0.15, 0.2) is 71.6 Å². The molecule has 180 valence electrons. The molecule has 0 fully saturated rings. The van der Waals surface area contributed by atoms with E-state index in [0.717, 1.165) is 15.9 Å². The molecule has 0 spiro atoms. The lowest BCUT2D eigenvalue weighted by Gasteiger charge is -2.22. The minimum atomic E-state index is -4.96. The molecule has 3 aromatic carbocycles. The van der Waals surface area contributed by atoms with E-state index in [1.54, 1.807) is 37.3 Å². The Balaban J connectivity index is 1.89. The van der Waals surface area contributed by atoms with Crippen LogP contribution in [-0.2, 0) is 27.5 Å². The van der Waals surface area contributed by atoms with E-state index >= 15 is 0 Å². The summed E-state index contributed by atoms with van der Waals surface area (Å²) in [7, 11) is -4.16. The Morgan fingerprint density at radius 2 is 1.71 bits per heavy atom. The van der Waals surface area contributed by atoms with Crippen LogP contribution in [0.5, 0.6) is 0 Å². The molecule has 0 heterocycles. The highest BCUT2D eigenvalue weighted by Crippen LogP contribution is 2.33. The summed E-state index contributed by atoms with van der Waals surface area (Å²) in [5.74, 6) is -2.40. The summed E-state index contributed by atoms with van der Waals surface area (Å²) in [6.07, 6.45) is -4.96. The minimum absolute atomic E-state index is 0.0610. The van der Waals surface area contributed by atoms with Crippen LogP contribution >= 0.6 is 11.6 Å². The second-order valence-electron chi connectivity index (χ2n) is 7.46. The first kappa shape index (κ1) is 25.7. The summed E-state index contributed by atoms with van der Waals surface area (Å²) in [5.41, 5.74) is -0.547. The molecule has 0 aliphatic carbocycles. The Morgan fingerprint density at radius 1 is 1.03 bits per heavy atom. The maximum atomic E-state index is 13.5. The Labute approximate surface area is 199 Å². The van der Waals surface area contributed by atoms with Crippen LogP contribution in [0.1, 0.15) is 16.7 Å². The second-order valence-corrected chi connectivity index (χ2v) is 9.83. The highest BCUT2D eigenvalue weighted by Gasteiger charge is 2.34. The number of rotatable bonds is 7. The Bertz CT molecular complexity index is 1300. The summed E-state index contributed by atoms with van der Waals surface area (Å²) in [5, 5.41) is 2.57. The van der Waals surface area contributed by atoms with Crippen LogP contribution in [-0.4, -0.2) is 25.2 Å². The lowest BCUT2D eigenvalue weighted by Crippen LogP contribution is -2.37. The Kier molecular flexibility index (Phi) is 7.64. The predicted octanol–water partition coefficient (Wildman–Crippen LogP) is 5.64. The summed E-state index contributed by atoms with van der Waals surface area (Å²) < 4.78 is 79.9. The van der Waals surface area contributed by atoms with Gasteiger partial charge in [-0.1, -0.05) is 41.4 Å². The topological polar surface area (TPSA) is 66.5 Å². The van der Waals surface area contributed by atoms with Crippen LogP contribution in [0.3, 0.4) is 0 Å². The number of sulfonamides is 1. The molecule has 0 atom stereocenters. The van der Waals surface area contributed by atoms with Crippen molar-refractivity contribution in [3.63, 3.8) is 0 Å². The SMILES string of the molecule is Cc1ccc(S(=O)(=O)N(CC(=O)Nc2ccc(F)c(C(F)(F)F)c2)Cc2cccc(Cl)c2)cc1. The van der Waals surface area contributed by atoms with Crippen molar-refractivity contribution in [3.8, 4) is 0 Å². The number of halogens is 5. The number of hydrogen-bond donors (Lipinski definition) is 1. The third kappa shape index (κ3) is 6.34. The van der Waals surface area contributed by atoms with Gasteiger partial charge in [-0.2, -0.15) is 17.5 Å². The summed E-state index contributed by atoms with van der Waals surface area (Å²) in [4.78, 5) is 12.6. The van der Waals surface area contributed by atoms with Crippen molar-refractivity contribution < 1.29 is 30.8 Å². The van der Waals surface area contributed by atoms with E-state index in [1.807, 2.05) is 0 Å². The van der Waals surface area contributed by atoms with E-state index < -0.39 is 40.0 Å². The van der Waals surface area contributed by atoms with Crippen molar-refractivity contribution in [2.45, 2.75) is 24.5 Å². The molecule has 5 nitrogen and oxygen atoms in total. The molecular formula is C23H19ClF4N2O3S. The minimum Gasteiger partial charge on any atom is -0.325 e. The zero-order valence-corrected chi connectivity index (χ0v) is 19.3. The van der Waals surface area contributed by atoms with Crippen LogP contribution < -0.4 is 5.32 Å².